The van der Waals surface area contributed by atoms with Crippen LogP contribution in [0.1, 0.15) is 15.4 Å². The van der Waals surface area contributed by atoms with Crippen LogP contribution < -0.4 is 0 Å². The molecular formula is C23H21ClN4O3S2. The third-order valence-corrected chi connectivity index (χ3v) is 9.00. The third kappa shape index (κ3) is 4.06. The number of piperazine rings is 1. The molecule has 5 rings (SSSR count). The SMILES string of the molecule is Cc1nn(-c2ccccc2)c2sc(C(=O)N3CCN(S(=O)(=O)c4ccc(Cl)cc4)CC3)cc12. The molecule has 4 aromatic rings. The van der Waals surface area contributed by atoms with E-state index in [0.717, 1.165) is 21.6 Å². The molecule has 0 aliphatic carbocycles. The number of aryl methyl sites for hydroxylation is 1. The van der Waals surface area contributed by atoms with E-state index < -0.39 is 10.0 Å². The minimum absolute atomic E-state index is 0.0845. The molecule has 1 amide bonds. The molecular weight excluding hydrogens is 480 g/mol. The van der Waals surface area contributed by atoms with Gasteiger partial charge in [-0.3, -0.25) is 4.79 Å². The number of sulfonamides is 1. The third-order valence-electron chi connectivity index (χ3n) is 5.73. The Labute approximate surface area is 200 Å². The number of benzene rings is 2. The van der Waals surface area contributed by atoms with Gasteiger partial charge in [0.1, 0.15) is 4.83 Å². The topological polar surface area (TPSA) is 75.5 Å². The molecule has 1 aliphatic rings. The number of carbonyl (C=O) groups is 1. The second kappa shape index (κ2) is 8.57. The Bertz CT molecular complexity index is 1420. The van der Waals surface area contributed by atoms with Gasteiger partial charge in [0.25, 0.3) is 5.91 Å². The van der Waals surface area contributed by atoms with Gasteiger partial charge in [0.2, 0.25) is 10.0 Å². The summed E-state index contributed by atoms with van der Waals surface area (Å²) in [6.07, 6.45) is 0. The van der Waals surface area contributed by atoms with Gasteiger partial charge in [-0.25, -0.2) is 13.1 Å². The van der Waals surface area contributed by atoms with Crippen LogP contribution in [0.5, 0.6) is 0 Å². The minimum atomic E-state index is -3.62. The van der Waals surface area contributed by atoms with Crippen LogP contribution in [-0.4, -0.2) is 59.5 Å². The van der Waals surface area contributed by atoms with Gasteiger partial charge >= 0.3 is 0 Å². The van der Waals surface area contributed by atoms with E-state index in [1.807, 2.05) is 48.0 Å². The molecule has 0 bridgehead atoms. The normalized spacial score (nSPS) is 15.3. The zero-order valence-corrected chi connectivity index (χ0v) is 20.2. The summed E-state index contributed by atoms with van der Waals surface area (Å²) in [5, 5.41) is 6.06. The summed E-state index contributed by atoms with van der Waals surface area (Å²) in [5.74, 6) is -0.0845. The van der Waals surface area contributed by atoms with Crippen molar-refractivity contribution in [2.45, 2.75) is 11.8 Å². The number of aromatic nitrogens is 2. The molecule has 0 N–H and O–H groups in total. The molecule has 7 nitrogen and oxygen atoms in total. The lowest BCUT2D eigenvalue weighted by molar-refractivity contribution is 0.0703. The summed E-state index contributed by atoms with van der Waals surface area (Å²) in [4.78, 5) is 16.7. The molecule has 33 heavy (non-hydrogen) atoms. The maximum absolute atomic E-state index is 13.2. The average molecular weight is 501 g/mol. The molecule has 0 saturated carbocycles. The first-order chi connectivity index (χ1) is 15.8. The predicted octanol–water partition coefficient (Wildman–Crippen LogP) is 4.20. The van der Waals surface area contributed by atoms with Crippen LogP contribution in [-0.2, 0) is 10.0 Å². The van der Waals surface area contributed by atoms with Crippen LogP contribution in [0.25, 0.3) is 15.9 Å². The molecule has 1 fully saturated rings. The first-order valence-electron chi connectivity index (χ1n) is 10.4. The summed E-state index contributed by atoms with van der Waals surface area (Å²) < 4.78 is 29.1. The zero-order chi connectivity index (χ0) is 23.2. The second-order valence-corrected chi connectivity index (χ2v) is 11.2. The Morgan fingerprint density at radius 3 is 2.33 bits per heavy atom. The molecule has 10 heteroatoms. The van der Waals surface area contributed by atoms with Crippen LogP contribution in [0.4, 0.5) is 0 Å². The van der Waals surface area contributed by atoms with Crippen molar-refractivity contribution >= 4 is 49.1 Å². The molecule has 3 heterocycles. The standard InChI is InChI=1S/C23H21ClN4O3S2/c1-16-20-15-21(32-23(20)28(25-16)18-5-3-2-4-6-18)22(29)26-11-13-27(14-12-26)33(30,31)19-9-7-17(24)8-10-19/h2-10,15H,11-14H2,1H3. The average Bonchev–Trinajstić information content (AvgIpc) is 3.40. The number of para-hydroxylation sites is 1. The van der Waals surface area contributed by atoms with Crippen LogP contribution >= 0.6 is 22.9 Å². The molecule has 1 saturated heterocycles. The lowest BCUT2D eigenvalue weighted by Crippen LogP contribution is -2.50. The number of halogens is 1. The van der Waals surface area contributed by atoms with Crippen molar-refractivity contribution in [2.24, 2.45) is 0 Å². The number of amides is 1. The van der Waals surface area contributed by atoms with E-state index in [-0.39, 0.29) is 23.9 Å². The molecule has 0 radical (unpaired) electrons. The van der Waals surface area contributed by atoms with Crippen molar-refractivity contribution in [1.82, 2.24) is 19.0 Å². The maximum Gasteiger partial charge on any atom is 0.264 e. The van der Waals surface area contributed by atoms with Crippen LogP contribution in [0.2, 0.25) is 5.02 Å². The maximum atomic E-state index is 13.2. The summed E-state index contributed by atoms with van der Waals surface area (Å²) in [5.41, 5.74) is 1.81. The fourth-order valence-corrected chi connectivity index (χ4v) is 6.64. The summed E-state index contributed by atoms with van der Waals surface area (Å²) in [7, 11) is -3.62. The van der Waals surface area contributed by atoms with Gasteiger partial charge in [-0.05, 0) is 49.4 Å². The zero-order valence-electron chi connectivity index (χ0n) is 17.8. The largest absolute Gasteiger partial charge is 0.335 e. The van der Waals surface area contributed by atoms with Gasteiger partial charge in [0.05, 0.1) is 21.2 Å². The number of carbonyl (C=O) groups excluding carboxylic acids is 1. The van der Waals surface area contributed by atoms with Crippen molar-refractivity contribution in [3.05, 3.63) is 76.3 Å². The van der Waals surface area contributed by atoms with E-state index in [2.05, 4.69) is 5.10 Å². The Morgan fingerprint density at radius 2 is 1.67 bits per heavy atom. The van der Waals surface area contributed by atoms with E-state index in [4.69, 9.17) is 11.6 Å². The van der Waals surface area contributed by atoms with Gasteiger partial charge in [-0.2, -0.15) is 9.40 Å². The van der Waals surface area contributed by atoms with Crippen LogP contribution in [0.3, 0.4) is 0 Å². The van der Waals surface area contributed by atoms with E-state index >= 15 is 0 Å². The van der Waals surface area contributed by atoms with E-state index in [9.17, 15) is 13.2 Å². The number of fused-ring (bicyclic) bond motifs is 1. The Balaban J connectivity index is 1.34. The van der Waals surface area contributed by atoms with Crippen molar-refractivity contribution < 1.29 is 13.2 Å². The molecule has 170 valence electrons. The first kappa shape index (κ1) is 22.1. The smallest absolute Gasteiger partial charge is 0.264 e. The number of nitrogens with zero attached hydrogens (tertiary/aromatic N) is 4. The Kier molecular flexibility index (Phi) is 5.74. The Morgan fingerprint density at radius 1 is 1.00 bits per heavy atom. The van der Waals surface area contributed by atoms with Gasteiger partial charge < -0.3 is 4.90 Å². The van der Waals surface area contributed by atoms with E-state index in [1.165, 1.54) is 27.8 Å². The highest BCUT2D eigenvalue weighted by Gasteiger charge is 2.31. The highest BCUT2D eigenvalue weighted by atomic mass is 35.5. The molecule has 1 aliphatic heterocycles. The molecule has 2 aromatic heterocycles. The number of thiophene rings is 1. The molecule has 2 aromatic carbocycles. The summed E-state index contributed by atoms with van der Waals surface area (Å²) in [6.45, 7) is 3.10. The van der Waals surface area contributed by atoms with Crippen molar-refractivity contribution in [3.8, 4) is 5.69 Å². The predicted molar refractivity (Wildman–Crippen MR) is 130 cm³/mol. The lowest BCUT2D eigenvalue weighted by Gasteiger charge is -2.33. The van der Waals surface area contributed by atoms with Crippen LogP contribution in [0.15, 0.2) is 65.6 Å². The Hall–Kier alpha value is -2.72. The van der Waals surface area contributed by atoms with Gasteiger partial charge in [0, 0.05) is 36.6 Å². The highest BCUT2D eigenvalue weighted by molar-refractivity contribution is 7.89. The quantitative estimate of drug-likeness (QED) is 0.421. The number of rotatable bonds is 4. The molecule has 0 spiro atoms. The monoisotopic (exact) mass is 500 g/mol. The van der Waals surface area contributed by atoms with Gasteiger partial charge in [-0.1, -0.05) is 29.8 Å². The van der Waals surface area contributed by atoms with E-state index in [1.54, 1.807) is 17.0 Å². The van der Waals surface area contributed by atoms with Crippen molar-refractivity contribution in [3.63, 3.8) is 0 Å². The van der Waals surface area contributed by atoms with Crippen LogP contribution in [0, 0.1) is 6.92 Å². The summed E-state index contributed by atoms with van der Waals surface area (Å²) in [6, 6.07) is 17.8. The number of hydrogen-bond donors (Lipinski definition) is 0. The van der Waals surface area contributed by atoms with Crippen molar-refractivity contribution in [1.29, 1.82) is 0 Å². The fourth-order valence-electron chi connectivity index (χ4n) is 3.94. The van der Waals surface area contributed by atoms with Gasteiger partial charge in [-0.15, -0.1) is 11.3 Å². The van der Waals surface area contributed by atoms with E-state index in [0.29, 0.717) is 23.0 Å². The fraction of sp³-hybridized carbons (Fsp3) is 0.217. The molecule has 0 unspecified atom stereocenters. The summed E-state index contributed by atoms with van der Waals surface area (Å²) >= 11 is 7.29. The lowest BCUT2D eigenvalue weighted by atomic mass is 10.2. The molecule has 0 atom stereocenters. The van der Waals surface area contributed by atoms with Gasteiger partial charge in [0.15, 0.2) is 0 Å². The number of hydrogen-bond acceptors (Lipinski definition) is 5. The minimum Gasteiger partial charge on any atom is -0.335 e. The second-order valence-electron chi connectivity index (χ2n) is 7.81. The highest BCUT2D eigenvalue weighted by Crippen LogP contribution is 2.31. The van der Waals surface area contributed by atoms with Crippen molar-refractivity contribution in [2.75, 3.05) is 26.2 Å². The first-order valence-corrected chi connectivity index (χ1v) is 13.1.